The van der Waals surface area contributed by atoms with Crippen LogP contribution in [0.15, 0.2) is 24.3 Å². The molecule has 8 nitrogen and oxygen atoms in total. The number of piperazine rings is 1. The van der Waals surface area contributed by atoms with E-state index in [1.54, 1.807) is 0 Å². The first-order valence-corrected chi connectivity index (χ1v) is 26.2. The van der Waals surface area contributed by atoms with E-state index in [4.69, 9.17) is 11.5 Å². The van der Waals surface area contributed by atoms with Gasteiger partial charge in [0.25, 0.3) is 0 Å². The van der Waals surface area contributed by atoms with Gasteiger partial charge < -0.3 is 22.1 Å². The van der Waals surface area contributed by atoms with Crippen LogP contribution < -0.4 is 22.1 Å². The van der Waals surface area contributed by atoms with E-state index in [-0.39, 0.29) is 24.1 Å². The first-order valence-electron chi connectivity index (χ1n) is 26.2. The lowest BCUT2D eigenvalue weighted by Crippen LogP contribution is -2.59. The number of hydrogen-bond acceptors (Lipinski definition) is 6. The molecule has 6 N–H and O–H groups in total. The molecule has 1 saturated heterocycles. The van der Waals surface area contributed by atoms with E-state index in [0.29, 0.717) is 37.8 Å². The van der Waals surface area contributed by atoms with E-state index in [1.165, 1.54) is 141 Å². The summed E-state index contributed by atoms with van der Waals surface area (Å²) in [5.74, 6) is 1.17. The molecule has 1 fully saturated rings. The molecule has 1 aliphatic heterocycles. The van der Waals surface area contributed by atoms with Crippen molar-refractivity contribution in [2.75, 3.05) is 39.3 Å². The molecule has 0 saturated carbocycles. The van der Waals surface area contributed by atoms with Crippen molar-refractivity contribution < 1.29 is 9.59 Å². The molecule has 2 amide bonds. The van der Waals surface area contributed by atoms with Crippen molar-refractivity contribution in [2.24, 2.45) is 23.3 Å². The van der Waals surface area contributed by atoms with Gasteiger partial charge in [0.15, 0.2) is 0 Å². The average molecular weight is 843 g/mol. The Morgan fingerprint density at radius 1 is 0.450 bits per heavy atom. The van der Waals surface area contributed by atoms with Gasteiger partial charge in [0.05, 0.1) is 12.3 Å². The van der Waals surface area contributed by atoms with Crippen LogP contribution in [0.3, 0.4) is 0 Å². The quantitative estimate of drug-likeness (QED) is 0.0359. The first-order chi connectivity index (χ1) is 29.4. The number of carbonyl (C=O) groups is 2. The predicted molar refractivity (Wildman–Crippen MR) is 261 cm³/mol. The molecule has 0 aliphatic carbocycles. The first kappa shape index (κ1) is 56.3. The summed E-state index contributed by atoms with van der Waals surface area (Å²) < 4.78 is 0. The van der Waals surface area contributed by atoms with Gasteiger partial charge >= 0.3 is 0 Å². The summed E-state index contributed by atoms with van der Waals surface area (Å²) >= 11 is 0. The Morgan fingerprint density at radius 3 is 1.07 bits per heavy atom. The Morgan fingerprint density at radius 2 is 0.750 bits per heavy atom. The second kappa shape index (κ2) is 41.3. The predicted octanol–water partition coefficient (Wildman–Crippen LogP) is 12.3. The minimum absolute atomic E-state index is 0.0528. The summed E-state index contributed by atoms with van der Waals surface area (Å²) in [6.07, 6.45) is 47.4. The Hall–Kier alpha value is -1.74. The van der Waals surface area contributed by atoms with Crippen molar-refractivity contribution in [3.8, 4) is 0 Å². The van der Waals surface area contributed by atoms with Crippen LogP contribution in [0, 0.1) is 11.8 Å². The van der Waals surface area contributed by atoms with Crippen molar-refractivity contribution in [1.29, 1.82) is 0 Å². The van der Waals surface area contributed by atoms with Crippen molar-refractivity contribution >= 4 is 11.8 Å². The number of carbonyl (C=O) groups excluding carboxylic acids is 2. The lowest BCUT2D eigenvalue weighted by atomic mass is 9.92. The smallest absolute Gasteiger partial charge is 0.221 e. The number of nitrogens with two attached hydrogens (primary N) is 2. The third-order valence-corrected chi connectivity index (χ3v) is 13.0. The second-order valence-electron chi connectivity index (χ2n) is 18.4. The van der Waals surface area contributed by atoms with Gasteiger partial charge in [0, 0.05) is 39.0 Å². The molecule has 0 bridgehead atoms. The third kappa shape index (κ3) is 31.2. The Kier molecular flexibility index (Phi) is 38.7. The van der Waals surface area contributed by atoms with E-state index < -0.39 is 0 Å². The zero-order valence-corrected chi connectivity index (χ0v) is 40.4. The SMILES string of the molecule is CCCCCCCCC=CCCCCCC(CCCN)CC(=O)NC(CC)N1CCN(C(CC)NC(=O)CC(CCCN)CCCCC/C=C\CCCCCCCC)CC1. The molecule has 0 aromatic carbocycles. The van der Waals surface area contributed by atoms with E-state index in [2.05, 4.69) is 72.4 Å². The van der Waals surface area contributed by atoms with Gasteiger partial charge in [0.2, 0.25) is 11.8 Å². The molecule has 60 heavy (non-hydrogen) atoms. The molecule has 4 atom stereocenters. The Labute approximate surface area is 373 Å². The van der Waals surface area contributed by atoms with E-state index in [9.17, 15) is 9.59 Å². The lowest BCUT2D eigenvalue weighted by molar-refractivity contribution is -0.126. The molecule has 1 heterocycles. The van der Waals surface area contributed by atoms with Crippen LogP contribution in [0.4, 0.5) is 0 Å². The van der Waals surface area contributed by atoms with Crippen molar-refractivity contribution in [3.05, 3.63) is 24.3 Å². The van der Waals surface area contributed by atoms with Gasteiger partial charge in [-0.25, -0.2) is 0 Å². The fourth-order valence-electron chi connectivity index (χ4n) is 9.09. The molecule has 0 aromatic rings. The van der Waals surface area contributed by atoms with E-state index >= 15 is 0 Å². The fourth-order valence-corrected chi connectivity index (χ4v) is 9.09. The Balaban J connectivity index is 2.42. The van der Waals surface area contributed by atoms with Crippen LogP contribution in [-0.4, -0.2) is 73.2 Å². The van der Waals surface area contributed by atoms with E-state index in [0.717, 1.165) is 77.5 Å². The van der Waals surface area contributed by atoms with Crippen LogP contribution >= 0.6 is 0 Å². The van der Waals surface area contributed by atoms with Gasteiger partial charge in [-0.3, -0.25) is 19.4 Å². The molecule has 0 radical (unpaired) electrons. The van der Waals surface area contributed by atoms with Crippen molar-refractivity contribution in [1.82, 2.24) is 20.4 Å². The number of rotatable bonds is 42. The van der Waals surface area contributed by atoms with Gasteiger partial charge in [-0.05, 0) is 128 Å². The number of hydrogen-bond donors (Lipinski definition) is 4. The summed E-state index contributed by atoms with van der Waals surface area (Å²) in [7, 11) is 0. The molecule has 4 unspecified atom stereocenters. The maximum Gasteiger partial charge on any atom is 0.221 e. The van der Waals surface area contributed by atoms with Crippen LogP contribution in [0.2, 0.25) is 0 Å². The number of allylic oxidation sites excluding steroid dienone is 4. The van der Waals surface area contributed by atoms with Crippen LogP contribution in [0.25, 0.3) is 0 Å². The lowest BCUT2D eigenvalue weighted by Gasteiger charge is -2.42. The van der Waals surface area contributed by atoms with Crippen molar-refractivity contribution in [2.45, 2.75) is 245 Å². The topological polar surface area (TPSA) is 117 Å². The van der Waals surface area contributed by atoms with Gasteiger partial charge in [-0.2, -0.15) is 0 Å². The highest BCUT2D eigenvalue weighted by atomic mass is 16.2. The molecule has 8 heteroatoms. The molecular weight excluding hydrogens is 741 g/mol. The van der Waals surface area contributed by atoms with Gasteiger partial charge in [-0.15, -0.1) is 0 Å². The largest absolute Gasteiger partial charge is 0.341 e. The van der Waals surface area contributed by atoms with Crippen LogP contribution in [0.5, 0.6) is 0 Å². The summed E-state index contributed by atoms with van der Waals surface area (Å²) in [4.78, 5) is 31.7. The van der Waals surface area contributed by atoms with Gasteiger partial charge in [-0.1, -0.05) is 142 Å². The summed E-state index contributed by atoms with van der Waals surface area (Å²) in [5, 5.41) is 6.82. The monoisotopic (exact) mass is 843 g/mol. The molecule has 1 aliphatic rings. The molecule has 0 aromatic heterocycles. The summed E-state index contributed by atoms with van der Waals surface area (Å²) in [6.45, 7) is 13.9. The molecule has 1 rings (SSSR count). The second-order valence-corrected chi connectivity index (χ2v) is 18.4. The molecule has 0 spiro atoms. The minimum Gasteiger partial charge on any atom is -0.341 e. The van der Waals surface area contributed by atoms with Crippen molar-refractivity contribution in [3.63, 3.8) is 0 Å². The zero-order chi connectivity index (χ0) is 43.7. The normalized spacial score (nSPS) is 16.1. The highest BCUT2D eigenvalue weighted by molar-refractivity contribution is 5.76. The van der Waals surface area contributed by atoms with Crippen LogP contribution in [0.1, 0.15) is 233 Å². The van der Waals surface area contributed by atoms with E-state index in [1.807, 2.05) is 0 Å². The zero-order valence-electron chi connectivity index (χ0n) is 40.4. The third-order valence-electron chi connectivity index (χ3n) is 13.0. The number of amides is 2. The summed E-state index contributed by atoms with van der Waals surface area (Å²) in [5.41, 5.74) is 11.8. The molecular formula is C52H102N6O2. The number of nitrogens with one attached hydrogen (secondary N) is 2. The summed E-state index contributed by atoms with van der Waals surface area (Å²) in [6, 6.07) is 0. The maximum atomic E-state index is 13.4. The minimum atomic E-state index is 0.0528. The Bertz CT molecular complexity index is 948. The number of nitrogens with zero attached hydrogens (tertiary/aromatic N) is 2. The van der Waals surface area contributed by atoms with Crippen LogP contribution in [-0.2, 0) is 9.59 Å². The maximum absolute atomic E-state index is 13.4. The average Bonchev–Trinajstić information content (AvgIpc) is 3.26. The molecule has 352 valence electrons. The highest BCUT2D eigenvalue weighted by Crippen LogP contribution is 2.22. The fraction of sp³-hybridized carbons (Fsp3) is 0.885. The highest BCUT2D eigenvalue weighted by Gasteiger charge is 2.28. The van der Waals surface area contributed by atoms with Gasteiger partial charge in [0.1, 0.15) is 0 Å². The standard InChI is InChI=1S/C52H102N6O2/c1-5-9-11-13-15-17-19-21-23-25-27-29-31-35-47(37-33-39-53)45-51(59)55-49(7-3)57-41-43-58(44-42-57)50(8-4)56-52(60)46-48(38-34-40-54)36-32-30-28-26-24-22-20-18-16-14-12-10-6-2/h21-24,47-50H,5-20,25-46,53-54H2,1-4H3,(H,55,59)(H,56,60)/b23-21-,24-22?. The number of unbranched alkanes of at least 4 members (excludes halogenated alkanes) is 18.